The lowest BCUT2D eigenvalue weighted by Gasteiger charge is -2.37. The van der Waals surface area contributed by atoms with Crippen molar-refractivity contribution >= 4 is 16.0 Å². The zero-order valence-corrected chi connectivity index (χ0v) is 16.7. The Kier molecular flexibility index (Phi) is 6.02. The van der Waals surface area contributed by atoms with Gasteiger partial charge in [0.05, 0.1) is 12.0 Å². The van der Waals surface area contributed by atoms with Gasteiger partial charge in [0.25, 0.3) is 0 Å². The third kappa shape index (κ3) is 4.19. The van der Waals surface area contributed by atoms with Crippen LogP contribution >= 0.6 is 0 Å². The summed E-state index contributed by atoms with van der Waals surface area (Å²) in [6.45, 7) is 3.12. The number of piperazine rings is 1. The molecule has 0 radical (unpaired) electrons. The number of benzene rings is 2. The van der Waals surface area contributed by atoms with E-state index in [1.165, 1.54) is 23.5 Å². The summed E-state index contributed by atoms with van der Waals surface area (Å²) < 4.78 is 32.2. The topological polar surface area (TPSA) is 87.2 Å². The molecule has 150 valence electrons. The second kappa shape index (κ2) is 8.30. The maximum absolute atomic E-state index is 12.9. The van der Waals surface area contributed by atoms with Crippen LogP contribution in [0.5, 0.6) is 5.75 Å². The molecule has 0 saturated carbocycles. The molecule has 0 unspecified atom stereocenters. The maximum atomic E-state index is 12.9. The van der Waals surface area contributed by atoms with Crippen LogP contribution in [0.4, 0.5) is 0 Å². The molecule has 1 aliphatic rings. The molecule has 8 heteroatoms. The van der Waals surface area contributed by atoms with E-state index in [1.54, 1.807) is 12.1 Å². The molecule has 0 amide bonds. The minimum absolute atomic E-state index is 0.204. The number of hydrogen-bond donors (Lipinski definition) is 1. The molecule has 28 heavy (non-hydrogen) atoms. The smallest absolute Gasteiger partial charge is 0.325 e. The molecule has 0 aliphatic carbocycles. The quantitative estimate of drug-likeness (QED) is 0.794. The number of nitrogens with zero attached hydrogens (tertiary/aromatic N) is 2. The van der Waals surface area contributed by atoms with E-state index < -0.39 is 22.0 Å². The average Bonchev–Trinajstić information content (AvgIpc) is 2.70. The monoisotopic (exact) mass is 404 g/mol. The van der Waals surface area contributed by atoms with Gasteiger partial charge < -0.3 is 9.84 Å². The van der Waals surface area contributed by atoms with Crippen molar-refractivity contribution in [2.24, 2.45) is 0 Å². The Morgan fingerprint density at radius 1 is 1.00 bits per heavy atom. The summed E-state index contributed by atoms with van der Waals surface area (Å²) in [5.41, 5.74) is 1.76. The van der Waals surface area contributed by atoms with Crippen molar-refractivity contribution in [3.63, 3.8) is 0 Å². The minimum Gasteiger partial charge on any atom is -0.497 e. The van der Waals surface area contributed by atoms with Crippen LogP contribution in [0, 0.1) is 6.92 Å². The molecule has 1 N–H and O–H groups in total. The van der Waals surface area contributed by atoms with E-state index in [0.29, 0.717) is 24.4 Å². The van der Waals surface area contributed by atoms with Gasteiger partial charge in [0, 0.05) is 26.2 Å². The summed E-state index contributed by atoms with van der Waals surface area (Å²) in [6.07, 6.45) is 0. The van der Waals surface area contributed by atoms with Gasteiger partial charge >= 0.3 is 5.97 Å². The van der Waals surface area contributed by atoms with Crippen LogP contribution < -0.4 is 4.74 Å². The lowest BCUT2D eigenvalue weighted by Crippen LogP contribution is -2.50. The van der Waals surface area contributed by atoms with E-state index in [4.69, 9.17) is 4.74 Å². The lowest BCUT2D eigenvalue weighted by atomic mass is 10.0. The van der Waals surface area contributed by atoms with E-state index >= 15 is 0 Å². The second-order valence-corrected chi connectivity index (χ2v) is 8.70. The van der Waals surface area contributed by atoms with Crippen molar-refractivity contribution in [1.29, 1.82) is 0 Å². The van der Waals surface area contributed by atoms with Crippen LogP contribution in [0.3, 0.4) is 0 Å². The van der Waals surface area contributed by atoms with Gasteiger partial charge in [-0.25, -0.2) is 8.42 Å². The Morgan fingerprint density at radius 3 is 2.07 bits per heavy atom. The fourth-order valence-corrected chi connectivity index (χ4v) is 4.78. The van der Waals surface area contributed by atoms with E-state index in [0.717, 1.165) is 5.56 Å². The summed E-state index contributed by atoms with van der Waals surface area (Å²) in [6, 6.07) is 12.9. The molecule has 1 aliphatic heterocycles. The number of rotatable bonds is 6. The summed E-state index contributed by atoms with van der Waals surface area (Å²) in [7, 11) is -2.10. The van der Waals surface area contributed by atoms with Crippen LogP contribution in [-0.2, 0) is 14.8 Å². The first kappa shape index (κ1) is 20.3. The Hall–Kier alpha value is -2.42. The number of carboxylic acid groups (broad SMARTS) is 1. The van der Waals surface area contributed by atoms with Crippen molar-refractivity contribution in [1.82, 2.24) is 9.21 Å². The molecular formula is C20H24N2O5S. The van der Waals surface area contributed by atoms with Crippen LogP contribution in [0.1, 0.15) is 17.2 Å². The number of aliphatic carboxylic acids is 1. The van der Waals surface area contributed by atoms with Gasteiger partial charge in [-0.1, -0.05) is 29.8 Å². The number of hydrogen-bond acceptors (Lipinski definition) is 5. The Bertz CT molecular complexity index is 918. The fraction of sp³-hybridized carbons (Fsp3) is 0.350. The fourth-order valence-electron chi connectivity index (χ4n) is 3.36. The van der Waals surface area contributed by atoms with Crippen LogP contribution in [-0.4, -0.2) is 62.0 Å². The molecule has 3 rings (SSSR count). The first-order chi connectivity index (χ1) is 13.3. The Labute approximate surface area is 165 Å². The summed E-state index contributed by atoms with van der Waals surface area (Å²) in [4.78, 5) is 13.9. The largest absolute Gasteiger partial charge is 0.497 e. The molecule has 1 saturated heterocycles. The van der Waals surface area contributed by atoms with Crippen LogP contribution in [0.2, 0.25) is 0 Å². The van der Waals surface area contributed by atoms with E-state index in [-0.39, 0.29) is 18.0 Å². The zero-order valence-electron chi connectivity index (χ0n) is 15.9. The molecule has 2 aromatic rings. The van der Waals surface area contributed by atoms with Gasteiger partial charge in [0.2, 0.25) is 10.0 Å². The molecular weight excluding hydrogens is 380 g/mol. The van der Waals surface area contributed by atoms with Gasteiger partial charge in [-0.3, -0.25) is 9.69 Å². The number of ether oxygens (including phenoxy) is 1. The third-order valence-corrected chi connectivity index (χ3v) is 6.88. The summed E-state index contributed by atoms with van der Waals surface area (Å²) in [5.74, 6) is -0.346. The van der Waals surface area contributed by atoms with E-state index in [1.807, 2.05) is 36.1 Å². The standard InChI is InChI=1S/C20H24N2O5S/c1-15-3-5-16(6-4-15)19(20(23)24)21-11-13-22(14-12-21)28(25,26)18-9-7-17(27-2)8-10-18/h3-10,19H,11-14H2,1-2H3,(H,23,24)/t19-/m0/s1. The maximum Gasteiger partial charge on any atom is 0.325 e. The lowest BCUT2D eigenvalue weighted by molar-refractivity contribution is -0.144. The van der Waals surface area contributed by atoms with E-state index in [9.17, 15) is 18.3 Å². The van der Waals surface area contributed by atoms with Crippen molar-refractivity contribution in [2.45, 2.75) is 17.9 Å². The molecule has 2 aromatic carbocycles. The molecule has 0 bridgehead atoms. The summed E-state index contributed by atoms with van der Waals surface area (Å²) >= 11 is 0. The number of carboxylic acids is 1. The normalized spacial score (nSPS) is 17.2. The number of sulfonamides is 1. The zero-order chi connectivity index (χ0) is 20.3. The highest BCUT2D eigenvalue weighted by atomic mass is 32.2. The molecule has 0 aromatic heterocycles. The number of carbonyl (C=O) groups is 1. The predicted octanol–water partition coefficient (Wildman–Crippen LogP) is 2.14. The van der Waals surface area contributed by atoms with Gasteiger partial charge in [-0.2, -0.15) is 4.31 Å². The highest BCUT2D eigenvalue weighted by Gasteiger charge is 2.34. The highest BCUT2D eigenvalue weighted by molar-refractivity contribution is 7.89. The molecule has 1 heterocycles. The van der Waals surface area contributed by atoms with Crippen molar-refractivity contribution < 1.29 is 23.1 Å². The van der Waals surface area contributed by atoms with Gasteiger partial charge in [0.15, 0.2) is 0 Å². The first-order valence-corrected chi connectivity index (χ1v) is 10.4. The molecule has 0 spiro atoms. The van der Waals surface area contributed by atoms with Crippen molar-refractivity contribution in [2.75, 3.05) is 33.3 Å². The minimum atomic E-state index is -3.62. The average molecular weight is 404 g/mol. The molecule has 1 fully saturated rings. The summed E-state index contributed by atoms with van der Waals surface area (Å²) in [5, 5.41) is 9.72. The van der Waals surface area contributed by atoms with Crippen LogP contribution in [0.25, 0.3) is 0 Å². The second-order valence-electron chi connectivity index (χ2n) is 6.77. The predicted molar refractivity (Wildman–Crippen MR) is 105 cm³/mol. The van der Waals surface area contributed by atoms with Crippen molar-refractivity contribution in [3.05, 3.63) is 59.7 Å². The Morgan fingerprint density at radius 2 is 1.57 bits per heavy atom. The van der Waals surface area contributed by atoms with E-state index in [2.05, 4.69) is 0 Å². The van der Waals surface area contributed by atoms with Crippen LogP contribution in [0.15, 0.2) is 53.4 Å². The molecule has 1 atom stereocenters. The number of methoxy groups -OCH3 is 1. The third-order valence-electron chi connectivity index (χ3n) is 4.96. The van der Waals surface area contributed by atoms with Crippen molar-refractivity contribution in [3.8, 4) is 5.75 Å². The molecule has 7 nitrogen and oxygen atoms in total. The van der Waals surface area contributed by atoms with Gasteiger partial charge in [-0.15, -0.1) is 0 Å². The van der Waals surface area contributed by atoms with Gasteiger partial charge in [-0.05, 0) is 36.8 Å². The van der Waals surface area contributed by atoms with Gasteiger partial charge in [0.1, 0.15) is 11.8 Å². The Balaban J connectivity index is 1.73. The number of aryl methyl sites for hydroxylation is 1. The first-order valence-electron chi connectivity index (χ1n) is 9.00. The highest BCUT2D eigenvalue weighted by Crippen LogP contribution is 2.26. The SMILES string of the molecule is COc1ccc(S(=O)(=O)N2CCN([C@H](C(=O)O)c3ccc(C)cc3)CC2)cc1.